The van der Waals surface area contributed by atoms with Crippen LogP contribution in [0.1, 0.15) is 20.7 Å². The largest absolute Gasteiger partial charge is 0.496 e. The summed E-state index contributed by atoms with van der Waals surface area (Å²) in [7, 11) is 2.96. The van der Waals surface area contributed by atoms with Gasteiger partial charge in [0.25, 0.3) is 5.91 Å². The van der Waals surface area contributed by atoms with Crippen LogP contribution in [0.5, 0.6) is 11.5 Å². The Kier molecular flexibility index (Phi) is 6.49. The van der Waals surface area contributed by atoms with Gasteiger partial charge in [0, 0.05) is 24.3 Å². The second-order valence-electron chi connectivity index (χ2n) is 6.29. The molecule has 1 saturated heterocycles. The highest BCUT2D eigenvalue weighted by Crippen LogP contribution is 2.28. The minimum Gasteiger partial charge on any atom is -0.496 e. The Bertz CT molecular complexity index is 807. The van der Waals surface area contributed by atoms with E-state index in [1.165, 1.54) is 14.2 Å². The number of rotatable bonds is 7. The third kappa shape index (κ3) is 4.43. The number of nitrogens with one attached hydrogen (secondary N) is 1. The summed E-state index contributed by atoms with van der Waals surface area (Å²) < 4.78 is 15.8. The zero-order valence-corrected chi connectivity index (χ0v) is 16.1. The molecular weight excluding hydrogens is 360 g/mol. The zero-order chi connectivity index (χ0) is 19.9. The van der Waals surface area contributed by atoms with E-state index in [0.29, 0.717) is 30.3 Å². The lowest BCUT2D eigenvalue weighted by Gasteiger charge is -2.28. The molecule has 0 atom stereocenters. The van der Waals surface area contributed by atoms with E-state index in [0.717, 1.165) is 18.8 Å². The minimum absolute atomic E-state index is 0.114. The summed E-state index contributed by atoms with van der Waals surface area (Å²) in [4.78, 5) is 27.2. The smallest absolute Gasteiger partial charge is 0.259 e. The lowest BCUT2D eigenvalue weighted by atomic mass is 10.1. The molecule has 0 spiro atoms. The first kappa shape index (κ1) is 19.7. The second kappa shape index (κ2) is 9.23. The van der Waals surface area contributed by atoms with Crippen molar-refractivity contribution in [1.29, 1.82) is 0 Å². The number of hydrogen-bond acceptors (Lipinski definition) is 6. The average molecular weight is 384 g/mol. The maximum Gasteiger partial charge on any atom is 0.259 e. The first-order valence-corrected chi connectivity index (χ1v) is 9.09. The van der Waals surface area contributed by atoms with Crippen molar-refractivity contribution in [1.82, 2.24) is 5.32 Å². The van der Waals surface area contributed by atoms with Crippen LogP contribution >= 0.6 is 0 Å². The third-order valence-corrected chi connectivity index (χ3v) is 4.63. The van der Waals surface area contributed by atoms with Gasteiger partial charge in [-0.1, -0.05) is 6.07 Å². The number of carbonyl (C=O) groups is 2. The fourth-order valence-corrected chi connectivity index (χ4v) is 3.11. The van der Waals surface area contributed by atoms with Crippen LogP contribution in [0.15, 0.2) is 42.5 Å². The van der Waals surface area contributed by atoms with Gasteiger partial charge in [0.1, 0.15) is 17.1 Å². The third-order valence-electron chi connectivity index (χ3n) is 4.63. The summed E-state index contributed by atoms with van der Waals surface area (Å²) in [5.41, 5.74) is 1.87. The van der Waals surface area contributed by atoms with Gasteiger partial charge in [-0.2, -0.15) is 0 Å². The molecule has 0 saturated carbocycles. The number of amides is 1. The summed E-state index contributed by atoms with van der Waals surface area (Å²) in [5, 5.41) is 2.65. The molecule has 1 aliphatic heterocycles. The lowest BCUT2D eigenvalue weighted by Crippen LogP contribution is -2.36. The average Bonchev–Trinajstić information content (AvgIpc) is 2.77. The topological polar surface area (TPSA) is 77.1 Å². The Morgan fingerprint density at radius 2 is 1.61 bits per heavy atom. The number of methoxy groups -OCH3 is 2. The van der Waals surface area contributed by atoms with Gasteiger partial charge in [-0.25, -0.2) is 0 Å². The fraction of sp³-hybridized carbons (Fsp3) is 0.333. The first-order valence-electron chi connectivity index (χ1n) is 9.09. The molecule has 1 aliphatic rings. The molecule has 0 bridgehead atoms. The number of ketones is 1. The lowest BCUT2D eigenvalue weighted by molar-refractivity contribution is 0.0899. The van der Waals surface area contributed by atoms with Crippen molar-refractivity contribution in [2.75, 3.05) is 52.0 Å². The van der Waals surface area contributed by atoms with Gasteiger partial charge >= 0.3 is 0 Å². The molecule has 1 fully saturated rings. The van der Waals surface area contributed by atoms with Crippen molar-refractivity contribution >= 4 is 17.4 Å². The number of morpholine rings is 1. The summed E-state index contributed by atoms with van der Waals surface area (Å²) in [5.74, 6) is 0.182. The van der Waals surface area contributed by atoms with Gasteiger partial charge in [-0.15, -0.1) is 0 Å². The molecule has 148 valence electrons. The van der Waals surface area contributed by atoms with E-state index in [-0.39, 0.29) is 17.9 Å². The number of benzene rings is 2. The van der Waals surface area contributed by atoms with Gasteiger partial charge in [0.05, 0.1) is 34.0 Å². The number of Topliss-reactive ketones (excluding diaryl/α,β-unsaturated/α-hetero) is 1. The molecule has 28 heavy (non-hydrogen) atoms. The standard InChI is InChI=1S/C21H24N2O5/c1-26-18-4-3-5-19(27-2)20(18)21(25)22-14-17(24)15-6-8-16(9-7-15)23-10-12-28-13-11-23/h3-9H,10-14H2,1-2H3,(H,22,25). The maximum absolute atomic E-state index is 12.6. The van der Waals surface area contributed by atoms with E-state index in [1.54, 1.807) is 30.3 Å². The molecule has 1 heterocycles. The Balaban J connectivity index is 1.63. The van der Waals surface area contributed by atoms with Gasteiger partial charge in [-0.3, -0.25) is 9.59 Å². The van der Waals surface area contributed by atoms with Gasteiger partial charge < -0.3 is 24.4 Å². The number of ether oxygens (including phenoxy) is 3. The van der Waals surface area contributed by atoms with E-state index in [9.17, 15) is 9.59 Å². The summed E-state index contributed by atoms with van der Waals surface area (Å²) in [6.07, 6.45) is 0. The molecule has 0 aromatic heterocycles. The first-order chi connectivity index (χ1) is 13.6. The SMILES string of the molecule is COc1cccc(OC)c1C(=O)NCC(=O)c1ccc(N2CCOCC2)cc1. The second-order valence-corrected chi connectivity index (χ2v) is 6.29. The Morgan fingerprint density at radius 1 is 1.00 bits per heavy atom. The molecular formula is C21H24N2O5. The predicted molar refractivity (Wildman–Crippen MR) is 106 cm³/mol. The summed E-state index contributed by atoms with van der Waals surface area (Å²) in [6.45, 7) is 2.98. The maximum atomic E-state index is 12.6. The van der Waals surface area contributed by atoms with E-state index < -0.39 is 5.91 Å². The fourth-order valence-electron chi connectivity index (χ4n) is 3.11. The molecule has 0 radical (unpaired) electrons. The molecule has 2 aromatic carbocycles. The van der Waals surface area contributed by atoms with E-state index >= 15 is 0 Å². The Morgan fingerprint density at radius 3 is 2.18 bits per heavy atom. The monoisotopic (exact) mass is 384 g/mol. The van der Waals surface area contributed by atoms with Gasteiger partial charge in [-0.05, 0) is 36.4 Å². The van der Waals surface area contributed by atoms with Crippen LogP contribution in [0.25, 0.3) is 0 Å². The van der Waals surface area contributed by atoms with Crippen LogP contribution in [0, 0.1) is 0 Å². The number of nitrogens with zero attached hydrogens (tertiary/aromatic N) is 1. The van der Waals surface area contributed by atoms with Crippen LogP contribution in [0.3, 0.4) is 0 Å². The van der Waals surface area contributed by atoms with E-state index in [4.69, 9.17) is 14.2 Å². The zero-order valence-electron chi connectivity index (χ0n) is 16.1. The molecule has 0 aliphatic carbocycles. The van der Waals surface area contributed by atoms with Crippen molar-refractivity contribution in [3.05, 3.63) is 53.6 Å². The van der Waals surface area contributed by atoms with Crippen LogP contribution in [-0.2, 0) is 4.74 Å². The van der Waals surface area contributed by atoms with Crippen molar-refractivity contribution in [2.24, 2.45) is 0 Å². The van der Waals surface area contributed by atoms with Crippen molar-refractivity contribution in [2.45, 2.75) is 0 Å². The van der Waals surface area contributed by atoms with Crippen molar-refractivity contribution in [3.63, 3.8) is 0 Å². The highest BCUT2D eigenvalue weighted by Gasteiger charge is 2.19. The predicted octanol–water partition coefficient (Wildman–Crippen LogP) is 2.15. The van der Waals surface area contributed by atoms with E-state index in [1.807, 2.05) is 12.1 Å². The summed E-state index contributed by atoms with van der Waals surface area (Å²) in [6, 6.07) is 12.5. The van der Waals surface area contributed by atoms with Gasteiger partial charge in [0.2, 0.25) is 0 Å². The highest BCUT2D eigenvalue weighted by molar-refractivity contribution is 6.04. The number of hydrogen-bond donors (Lipinski definition) is 1. The summed E-state index contributed by atoms with van der Waals surface area (Å²) >= 11 is 0. The molecule has 3 rings (SSSR count). The molecule has 7 heteroatoms. The molecule has 2 aromatic rings. The van der Waals surface area contributed by atoms with Crippen LogP contribution in [0.2, 0.25) is 0 Å². The Labute approximate surface area is 164 Å². The van der Waals surface area contributed by atoms with Crippen LogP contribution < -0.4 is 19.7 Å². The number of anilines is 1. The number of carbonyl (C=O) groups excluding carboxylic acids is 2. The highest BCUT2D eigenvalue weighted by atomic mass is 16.5. The Hall–Kier alpha value is -3.06. The van der Waals surface area contributed by atoms with Crippen molar-refractivity contribution < 1.29 is 23.8 Å². The van der Waals surface area contributed by atoms with E-state index in [2.05, 4.69) is 10.2 Å². The van der Waals surface area contributed by atoms with Crippen LogP contribution in [-0.4, -0.2) is 58.8 Å². The van der Waals surface area contributed by atoms with Crippen molar-refractivity contribution in [3.8, 4) is 11.5 Å². The molecule has 1 N–H and O–H groups in total. The van der Waals surface area contributed by atoms with Crippen LogP contribution in [0.4, 0.5) is 5.69 Å². The normalized spacial score (nSPS) is 13.7. The van der Waals surface area contributed by atoms with Gasteiger partial charge in [0.15, 0.2) is 5.78 Å². The minimum atomic E-state index is -0.424. The molecule has 7 nitrogen and oxygen atoms in total. The molecule has 1 amide bonds. The quantitative estimate of drug-likeness (QED) is 0.737. The molecule has 0 unspecified atom stereocenters.